The van der Waals surface area contributed by atoms with E-state index in [1.54, 1.807) is 11.8 Å². The maximum Gasteiger partial charge on any atom is 0.239 e. The lowest BCUT2D eigenvalue weighted by atomic mass is 9.97. The highest BCUT2D eigenvalue weighted by atomic mass is 32.2. The lowest BCUT2D eigenvalue weighted by Crippen LogP contribution is -2.38. The fraction of sp³-hybridized carbons (Fsp3) is 0.800. The second-order valence-corrected chi connectivity index (χ2v) is 5.35. The van der Waals surface area contributed by atoms with E-state index in [1.165, 1.54) is 0 Å². The standard InChI is InChI=1S/C10H19N3OS/c1-4-11-8(14)5-12-9-13-6-10(2,3)7-15-9/h4-7H2,1-3H3,(H,11,14)(H,12,13). The Balaban J connectivity index is 2.29. The van der Waals surface area contributed by atoms with Crippen molar-refractivity contribution in [2.75, 3.05) is 25.4 Å². The van der Waals surface area contributed by atoms with E-state index in [0.717, 1.165) is 17.5 Å². The van der Waals surface area contributed by atoms with Gasteiger partial charge < -0.3 is 10.6 Å². The maximum absolute atomic E-state index is 11.2. The van der Waals surface area contributed by atoms with Crippen molar-refractivity contribution >= 4 is 22.8 Å². The number of aliphatic imine (C=N–C) groups is 1. The van der Waals surface area contributed by atoms with E-state index < -0.39 is 0 Å². The van der Waals surface area contributed by atoms with Crippen LogP contribution in [0.3, 0.4) is 0 Å². The van der Waals surface area contributed by atoms with E-state index in [-0.39, 0.29) is 11.3 Å². The van der Waals surface area contributed by atoms with E-state index >= 15 is 0 Å². The zero-order valence-electron chi connectivity index (χ0n) is 9.59. The Morgan fingerprint density at radius 2 is 2.33 bits per heavy atom. The monoisotopic (exact) mass is 229 g/mol. The largest absolute Gasteiger partial charge is 0.356 e. The molecule has 0 saturated heterocycles. The van der Waals surface area contributed by atoms with Crippen LogP contribution in [0, 0.1) is 5.41 Å². The first-order valence-electron chi connectivity index (χ1n) is 5.21. The van der Waals surface area contributed by atoms with Crippen molar-refractivity contribution in [2.45, 2.75) is 20.8 Å². The topological polar surface area (TPSA) is 53.5 Å². The van der Waals surface area contributed by atoms with Gasteiger partial charge in [-0.3, -0.25) is 9.79 Å². The normalized spacial score (nSPS) is 19.3. The lowest BCUT2D eigenvalue weighted by Gasteiger charge is -2.27. The van der Waals surface area contributed by atoms with Gasteiger partial charge in [0.05, 0.1) is 6.54 Å². The van der Waals surface area contributed by atoms with Crippen LogP contribution < -0.4 is 10.6 Å². The summed E-state index contributed by atoms with van der Waals surface area (Å²) in [5, 5.41) is 6.67. The summed E-state index contributed by atoms with van der Waals surface area (Å²) < 4.78 is 0. The van der Waals surface area contributed by atoms with Gasteiger partial charge in [-0.1, -0.05) is 25.6 Å². The number of nitrogens with zero attached hydrogens (tertiary/aromatic N) is 1. The van der Waals surface area contributed by atoms with Crippen LogP contribution in [-0.2, 0) is 4.79 Å². The number of amidine groups is 1. The summed E-state index contributed by atoms with van der Waals surface area (Å²) in [4.78, 5) is 15.6. The van der Waals surface area contributed by atoms with Gasteiger partial charge in [-0.2, -0.15) is 0 Å². The van der Waals surface area contributed by atoms with Gasteiger partial charge in [0.25, 0.3) is 0 Å². The summed E-state index contributed by atoms with van der Waals surface area (Å²) in [7, 11) is 0. The number of hydrogen-bond donors (Lipinski definition) is 2. The van der Waals surface area contributed by atoms with Crippen molar-refractivity contribution in [3.05, 3.63) is 0 Å². The zero-order valence-corrected chi connectivity index (χ0v) is 10.4. The molecule has 0 aromatic heterocycles. The molecule has 2 N–H and O–H groups in total. The van der Waals surface area contributed by atoms with E-state index in [2.05, 4.69) is 29.5 Å². The molecule has 0 fully saturated rings. The van der Waals surface area contributed by atoms with E-state index in [1.807, 2.05) is 6.92 Å². The third-order valence-electron chi connectivity index (χ3n) is 2.02. The molecule has 0 radical (unpaired) electrons. The molecule has 0 aliphatic carbocycles. The maximum atomic E-state index is 11.2. The van der Waals surface area contributed by atoms with Gasteiger partial charge >= 0.3 is 0 Å². The molecule has 1 aliphatic rings. The van der Waals surface area contributed by atoms with E-state index in [4.69, 9.17) is 0 Å². The van der Waals surface area contributed by atoms with Gasteiger partial charge in [0.1, 0.15) is 0 Å². The van der Waals surface area contributed by atoms with Crippen LogP contribution in [-0.4, -0.2) is 36.5 Å². The predicted molar refractivity (Wildman–Crippen MR) is 65.2 cm³/mol. The molecular weight excluding hydrogens is 210 g/mol. The van der Waals surface area contributed by atoms with Crippen LogP contribution >= 0.6 is 11.8 Å². The molecule has 0 unspecified atom stereocenters. The third kappa shape index (κ3) is 4.55. The minimum Gasteiger partial charge on any atom is -0.356 e. The average Bonchev–Trinajstić information content (AvgIpc) is 2.17. The van der Waals surface area contributed by atoms with Crippen LogP contribution in [0.15, 0.2) is 4.99 Å². The van der Waals surface area contributed by atoms with Crippen LogP contribution in [0.2, 0.25) is 0 Å². The van der Waals surface area contributed by atoms with Crippen molar-refractivity contribution in [2.24, 2.45) is 10.4 Å². The summed E-state index contributed by atoms with van der Waals surface area (Å²) >= 11 is 1.69. The third-order valence-corrected chi connectivity index (χ3v) is 3.50. The molecular formula is C10H19N3OS. The van der Waals surface area contributed by atoms with Crippen molar-refractivity contribution < 1.29 is 4.79 Å². The highest BCUT2D eigenvalue weighted by Gasteiger charge is 2.23. The van der Waals surface area contributed by atoms with Gasteiger partial charge in [0.2, 0.25) is 5.91 Å². The van der Waals surface area contributed by atoms with E-state index in [9.17, 15) is 4.79 Å². The second-order valence-electron chi connectivity index (χ2n) is 4.38. The Bertz CT molecular complexity index is 263. The number of carbonyl (C=O) groups is 1. The van der Waals surface area contributed by atoms with E-state index in [0.29, 0.717) is 13.1 Å². The van der Waals surface area contributed by atoms with Crippen molar-refractivity contribution in [1.82, 2.24) is 10.6 Å². The van der Waals surface area contributed by atoms with Gasteiger partial charge in [-0.25, -0.2) is 0 Å². The SMILES string of the molecule is CCNC(=O)CNC1=NCC(C)(C)CS1. The van der Waals surface area contributed by atoms with Gasteiger partial charge in [-0.05, 0) is 12.3 Å². The fourth-order valence-electron chi connectivity index (χ4n) is 1.16. The minimum atomic E-state index is 0.0191. The van der Waals surface area contributed by atoms with Crippen LogP contribution in [0.5, 0.6) is 0 Å². The molecule has 86 valence electrons. The van der Waals surface area contributed by atoms with Crippen LogP contribution in [0.4, 0.5) is 0 Å². The molecule has 0 atom stereocenters. The summed E-state index contributed by atoms with van der Waals surface area (Å²) in [6, 6.07) is 0. The molecule has 1 amide bonds. The lowest BCUT2D eigenvalue weighted by molar-refractivity contribution is -0.119. The molecule has 0 bridgehead atoms. The number of amides is 1. The molecule has 0 aromatic carbocycles. The minimum absolute atomic E-state index is 0.0191. The molecule has 1 heterocycles. The molecule has 0 aromatic rings. The smallest absolute Gasteiger partial charge is 0.239 e. The molecule has 1 rings (SSSR count). The number of likely N-dealkylation sites (N-methyl/N-ethyl adjacent to an activating group) is 1. The fourth-order valence-corrected chi connectivity index (χ4v) is 2.11. The Morgan fingerprint density at radius 3 is 2.87 bits per heavy atom. The second kappa shape index (κ2) is 5.39. The number of hydrogen-bond acceptors (Lipinski definition) is 4. The highest BCUT2D eigenvalue weighted by Crippen LogP contribution is 2.26. The van der Waals surface area contributed by atoms with Crippen LogP contribution in [0.25, 0.3) is 0 Å². The Labute approximate surface area is 95.3 Å². The first kappa shape index (κ1) is 12.4. The summed E-state index contributed by atoms with van der Waals surface area (Å²) in [6.45, 7) is 8.13. The van der Waals surface area contributed by atoms with Crippen molar-refractivity contribution in [3.63, 3.8) is 0 Å². The van der Waals surface area contributed by atoms with Gasteiger partial charge in [-0.15, -0.1) is 0 Å². The van der Waals surface area contributed by atoms with Gasteiger partial charge in [0.15, 0.2) is 5.17 Å². The summed E-state index contributed by atoms with van der Waals surface area (Å²) in [5.41, 5.74) is 0.279. The van der Waals surface area contributed by atoms with Crippen LogP contribution in [0.1, 0.15) is 20.8 Å². The molecule has 0 saturated carbocycles. The number of carbonyl (C=O) groups excluding carboxylic acids is 1. The predicted octanol–water partition coefficient (Wildman–Crippen LogP) is 0.841. The number of nitrogens with one attached hydrogen (secondary N) is 2. The number of rotatable bonds is 3. The molecule has 5 heteroatoms. The molecule has 0 spiro atoms. The van der Waals surface area contributed by atoms with Crippen molar-refractivity contribution in [3.8, 4) is 0 Å². The summed E-state index contributed by atoms with van der Waals surface area (Å²) in [5.74, 6) is 1.07. The molecule has 4 nitrogen and oxygen atoms in total. The molecule has 1 aliphatic heterocycles. The average molecular weight is 229 g/mol. The molecule has 15 heavy (non-hydrogen) atoms. The first-order chi connectivity index (χ1) is 7.03. The Hall–Kier alpha value is -0.710. The first-order valence-corrected chi connectivity index (χ1v) is 6.20. The Kier molecular flexibility index (Phi) is 4.45. The van der Waals surface area contributed by atoms with Gasteiger partial charge in [0, 0.05) is 18.8 Å². The summed E-state index contributed by atoms with van der Waals surface area (Å²) in [6.07, 6.45) is 0. The Morgan fingerprint density at radius 1 is 1.60 bits per heavy atom. The van der Waals surface area contributed by atoms with Crippen molar-refractivity contribution in [1.29, 1.82) is 0 Å². The zero-order chi connectivity index (χ0) is 11.3. The highest BCUT2D eigenvalue weighted by molar-refractivity contribution is 8.13. The quantitative estimate of drug-likeness (QED) is 0.754. The number of thioether (sulfide) groups is 1.